The zero-order valence-corrected chi connectivity index (χ0v) is 11.0. The van der Waals surface area contributed by atoms with E-state index in [9.17, 15) is 0 Å². The molecule has 86 valence electrons. The van der Waals surface area contributed by atoms with Crippen LogP contribution in [0.1, 0.15) is 24.9 Å². The molecule has 0 saturated carbocycles. The van der Waals surface area contributed by atoms with E-state index in [0.717, 1.165) is 17.4 Å². The van der Waals surface area contributed by atoms with Crippen LogP contribution in [0.15, 0.2) is 28.7 Å². The van der Waals surface area contributed by atoms with Crippen LogP contribution in [0.5, 0.6) is 0 Å². The molecule has 3 heteroatoms. The molecule has 1 aromatic rings. The highest BCUT2D eigenvalue weighted by Crippen LogP contribution is 2.22. The summed E-state index contributed by atoms with van der Waals surface area (Å²) in [5.41, 5.74) is 6.97. The van der Waals surface area contributed by atoms with Crippen molar-refractivity contribution in [3.05, 3.63) is 34.3 Å². The zero-order chi connectivity index (χ0) is 11.8. The second kappa shape index (κ2) is 7.45. The Morgan fingerprint density at radius 1 is 1.44 bits per heavy atom. The lowest BCUT2D eigenvalue weighted by molar-refractivity contribution is 0.549. The Kier molecular flexibility index (Phi) is 6.17. The molecule has 0 aliphatic carbocycles. The van der Waals surface area contributed by atoms with Crippen molar-refractivity contribution in [2.45, 2.75) is 19.4 Å². The molecule has 0 bridgehead atoms. The van der Waals surface area contributed by atoms with Gasteiger partial charge in [-0.25, -0.2) is 0 Å². The van der Waals surface area contributed by atoms with Crippen LogP contribution in [0, 0.1) is 11.8 Å². The standard InChI is InChI=1S/C13H17BrN2/c1-2-3-6-9-16-13(10-15)11-7-4-5-8-12(11)14/h4-5,7-8,13,16H,6,9-10,15H2,1H3. The molecule has 2 nitrogen and oxygen atoms in total. The van der Waals surface area contributed by atoms with E-state index >= 15 is 0 Å². The van der Waals surface area contributed by atoms with Crippen LogP contribution in [0.2, 0.25) is 0 Å². The lowest BCUT2D eigenvalue weighted by atomic mass is 10.1. The highest BCUT2D eigenvalue weighted by atomic mass is 79.9. The van der Waals surface area contributed by atoms with Crippen LogP contribution >= 0.6 is 15.9 Å². The average molecular weight is 281 g/mol. The van der Waals surface area contributed by atoms with E-state index < -0.39 is 0 Å². The maximum absolute atomic E-state index is 5.77. The largest absolute Gasteiger partial charge is 0.329 e. The van der Waals surface area contributed by atoms with E-state index in [2.05, 4.69) is 39.2 Å². The normalized spacial score (nSPS) is 11.7. The van der Waals surface area contributed by atoms with Crippen LogP contribution in [0.25, 0.3) is 0 Å². The first kappa shape index (κ1) is 13.2. The van der Waals surface area contributed by atoms with Crippen molar-refractivity contribution in [3.8, 4) is 11.8 Å². The van der Waals surface area contributed by atoms with Gasteiger partial charge in [0, 0.05) is 30.0 Å². The van der Waals surface area contributed by atoms with Gasteiger partial charge < -0.3 is 11.1 Å². The molecule has 3 N–H and O–H groups in total. The smallest absolute Gasteiger partial charge is 0.0456 e. The first-order valence-electron chi connectivity index (χ1n) is 5.37. The number of nitrogens with one attached hydrogen (secondary N) is 1. The molecule has 16 heavy (non-hydrogen) atoms. The fourth-order valence-electron chi connectivity index (χ4n) is 1.51. The highest BCUT2D eigenvalue weighted by molar-refractivity contribution is 9.10. The number of halogens is 1. The van der Waals surface area contributed by atoms with Crippen molar-refractivity contribution >= 4 is 15.9 Å². The zero-order valence-electron chi connectivity index (χ0n) is 9.46. The Balaban J connectivity index is 2.59. The van der Waals surface area contributed by atoms with Crippen LogP contribution in [0.4, 0.5) is 0 Å². The molecular weight excluding hydrogens is 264 g/mol. The molecule has 1 unspecified atom stereocenters. The molecule has 0 fully saturated rings. The summed E-state index contributed by atoms with van der Waals surface area (Å²) in [7, 11) is 0. The number of benzene rings is 1. The molecule has 1 atom stereocenters. The molecule has 1 rings (SSSR count). The summed E-state index contributed by atoms with van der Waals surface area (Å²) >= 11 is 3.54. The molecule has 0 aliphatic heterocycles. The van der Waals surface area contributed by atoms with Crippen LogP contribution in [-0.2, 0) is 0 Å². The number of hydrogen-bond donors (Lipinski definition) is 2. The molecule has 0 heterocycles. The predicted molar refractivity (Wildman–Crippen MR) is 72.0 cm³/mol. The van der Waals surface area contributed by atoms with Crippen LogP contribution in [0.3, 0.4) is 0 Å². The van der Waals surface area contributed by atoms with Crippen molar-refractivity contribution in [1.82, 2.24) is 5.32 Å². The minimum atomic E-state index is 0.189. The molecular formula is C13H17BrN2. The lowest BCUT2D eigenvalue weighted by Gasteiger charge is -2.17. The van der Waals surface area contributed by atoms with E-state index in [-0.39, 0.29) is 6.04 Å². The van der Waals surface area contributed by atoms with E-state index in [4.69, 9.17) is 5.73 Å². The maximum atomic E-state index is 5.77. The first-order valence-corrected chi connectivity index (χ1v) is 6.16. The van der Waals surface area contributed by atoms with Crippen molar-refractivity contribution in [2.75, 3.05) is 13.1 Å². The summed E-state index contributed by atoms with van der Waals surface area (Å²) in [6.45, 7) is 3.31. The van der Waals surface area contributed by atoms with Crippen LogP contribution in [-0.4, -0.2) is 13.1 Å². The third-order valence-electron chi connectivity index (χ3n) is 2.33. The summed E-state index contributed by atoms with van der Waals surface area (Å²) in [4.78, 5) is 0. The van der Waals surface area contributed by atoms with Gasteiger partial charge in [0.15, 0.2) is 0 Å². The fraction of sp³-hybridized carbons (Fsp3) is 0.385. The summed E-state index contributed by atoms with van der Waals surface area (Å²) in [5, 5.41) is 3.40. The summed E-state index contributed by atoms with van der Waals surface area (Å²) in [6.07, 6.45) is 0.859. The molecule has 0 amide bonds. The van der Waals surface area contributed by atoms with Gasteiger partial charge in [-0.2, -0.15) is 0 Å². The van der Waals surface area contributed by atoms with Crippen molar-refractivity contribution < 1.29 is 0 Å². The fourth-order valence-corrected chi connectivity index (χ4v) is 2.07. The monoisotopic (exact) mass is 280 g/mol. The number of rotatable bonds is 5. The number of nitrogens with two attached hydrogens (primary N) is 1. The summed E-state index contributed by atoms with van der Waals surface area (Å²) in [6, 6.07) is 8.33. The second-order valence-electron chi connectivity index (χ2n) is 3.44. The Hall–Kier alpha value is -0.820. The van der Waals surface area contributed by atoms with Crippen molar-refractivity contribution in [3.63, 3.8) is 0 Å². The average Bonchev–Trinajstić information content (AvgIpc) is 2.31. The van der Waals surface area contributed by atoms with Gasteiger partial charge in [0.25, 0.3) is 0 Å². The molecule has 1 aromatic carbocycles. The highest BCUT2D eigenvalue weighted by Gasteiger charge is 2.10. The van der Waals surface area contributed by atoms with E-state index in [1.807, 2.05) is 25.1 Å². The third kappa shape index (κ3) is 3.97. The quantitative estimate of drug-likeness (QED) is 0.642. The first-order chi connectivity index (χ1) is 7.79. The van der Waals surface area contributed by atoms with Gasteiger partial charge in [-0.3, -0.25) is 0 Å². The van der Waals surface area contributed by atoms with Crippen LogP contribution < -0.4 is 11.1 Å². The van der Waals surface area contributed by atoms with Gasteiger partial charge in [0.1, 0.15) is 0 Å². The molecule has 0 aliphatic rings. The van der Waals surface area contributed by atoms with E-state index in [1.54, 1.807) is 0 Å². The number of hydrogen-bond acceptors (Lipinski definition) is 2. The maximum Gasteiger partial charge on any atom is 0.0456 e. The van der Waals surface area contributed by atoms with Gasteiger partial charge in [0.2, 0.25) is 0 Å². The molecule has 0 radical (unpaired) electrons. The SMILES string of the molecule is CC#CCCNC(CN)c1ccccc1Br. The minimum absolute atomic E-state index is 0.189. The van der Waals surface area contributed by atoms with E-state index in [0.29, 0.717) is 6.54 Å². The molecule has 0 aromatic heterocycles. The predicted octanol–water partition coefficient (Wildman–Crippen LogP) is 2.45. The van der Waals surface area contributed by atoms with Gasteiger partial charge in [-0.1, -0.05) is 34.1 Å². The van der Waals surface area contributed by atoms with Gasteiger partial charge >= 0.3 is 0 Å². The van der Waals surface area contributed by atoms with Crippen molar-refractivity contribution in [2.24, 2.45) is 5.73 Å². The molecule has 0 saturated heterocycles. The molecule has 0 spiro atoms. The van der Waals surface area contributed by atoms with Gasteiger partial charge in [-0.05, 0) is 18.6 Å². The Morgan fingerprint density at radius 2 is 2.19 bits per heavy atom. The third-order valence-corrected chi connectivity index (χ3v) is 3.06. The summed E-state index contributed by atoms with van der Waals surface area (Å²) in [5.74, 6) is 5.91. The lowest BCUT2D eigenvalue weighted by Crippen LogP contribution is -2.29. The Morgan fingerprint density at radius 3 is 2.81 bits per heavy atom. The van der Waals surface area contributed by atoms with E-state index in [1.165, 1.54) is 5.56 Å². The second-order valence-corrected chi connectivity index (χ2v) is 4.30. The topological polar surface area (TPSA) is 38.0 Å². The van der Waals surface area contributed by atoms with Gasteiger partial charge in [0.05, 0.1) is 0 Å². The summed E-state index contributed by atoms with van der Waals surface area (Å²) < 4.78 is 1.10. The Bertz CT molecular complexity index is 379. The van der Waals surface area contributed by atoms with Gasteiger partial charge in [-0.15, -0.1) is 11.8 Å². The minimum Gasteiger partial charge on any atom is -0.329 e. The Labute approximate surface area is 106 Å². The van der Waals surface area contributed by atoms with Crippen molar-refractivity contribution in [1.29, 1.82) is 0 Å².